The Morgan fingerprint density at radius 3 is 2.24 bits per heavy atom. The van der Waals surface area contributed by atoms with Crippen LogP contribution >= 0.6 is 0 Å². The Morgan fingerprint density at radius 2 is 1.71 bits per heavy atom. The molecule has 0 saturated heterocycles. The zero-order chi connectivity index (χ0) is 14.6. The molecule has 4 fully saturated rings. The minimum absolute atomic E-state index is 0.231. The first-order valence-corrected chi connectivity index (χ1v) is 8.32. The molecule has 0 unspecified atom stereocenters. The van der Waals surface area contributed by atoms with E-state index in [-0.39, 0.29) is 17.0 Å². The Balaban J connectivity index is 1.57. The Morgan fingerprint density at radius 1 is 1.14 bits per heavy atom. The quantitative estimate of drug-likeness (QED) is 0.720. The van der Waals surface area contributed by atoms with Crippen LogP contribution in [0.3, 0.4) is 0 Å². The number of carbonyl (C=O) groups excluding carboxylic acids is 1. The molecule has 0 atom stereocenters. The lowest BCUT2D eigenvalue weighted by Gasteiger charge is -2.56. The second-order valence-corrected chi connectivity index (χ2v) is 7.98. The number of hydrogen-bond donors (Lipinski definition) is 0. The number of hydrogen-bond acceptors (Lipinski definition) is 1. The summed E-state index contributed by atoms with van der Waals surface area (Å²) >= 11 is 0. The minimum Gasteiger partial charge on any atom is -0.294 e. The van der Waals surface area contributed by atoms with Gasteiger partial charge in [-0.1, -0.05) is 0 Å². The summed E-state index contributed by atoms with van der Waals surface area (Å²) < 4.78 is 13.2. The Kier molecular flexibility index (Phi) is 2.99. The molecule has 1 nitrogen and oxygen atoms in total. The van der Waals surface area contributed by atoms with Crippen molar-refractivity contribution in [3.63, 3.8) is 0 Å². The summed E-state index contributed by atoms with van der Waals surface area (Å²) in [6.07, 6.45) is 8.67. The normalized spacial score (nSPS) is 37.0. The third kappa shape index (κ3) is 2.33. The maximum atomic E-state index is 13.2. The maximum absolute atomic E-state index is 13.2. The topological polar surface area (TPSA) is 17.1 Å². The fourth-order valence-electron chi connectivity index (χ4n) is 5.88. The molecule has 4 bridgehead atoms. The molecule has 4 aliphatic carbocycles. The molecule has 0 heterocycles. The smallest absolute Gasteiger partial charge is 0.163 e. The van der Waals surface area contributed by atoms with Crippen molar-refractivity contribution in [3.8, 4) is 0 Å². The number of aryl methyl sites for hydroxylation is 1. The van der Waals surface area contributed by atoms with Crippen LogP contribution in [0.4, 0.5) is 4.39 Å². The van der Waals surface area contributed by atoms with Crippen LogP contribution in [0.15, 0.2) is 18.2 Å². The third-order valence-corrected chi connectivity index (χ3v) is 6.19. The summed E-state index contributed by atoms with van der Waals surface area (Å²) in [6.45, 7) is 1.84. The molecule has 0 radical (unpaired) electrons. The Bertz CT molecular complexity index is 554. The predicted octanol–water partition coefficient (Wildman–Crippen LogP) is 4.92. The average Bonchev–Trinajstić information content (AvgIpc) is 2.35. The summed E-state index contributed by atoms with van der Waals surface area (Å²) in [5.74, 6) is 2.60. The van der Waals surface area contributed by atoms with Gasteiger partial charge in [0.05, 0.1) is 0 Å². The molecule has 4 aliphatic rings. The van der Waals surface area contributed by atoms with Gasteiger partial charge in [0.25, 0.3) is 0 Å². The van der Waals surface area contributed by atoms with Crippen LogP contribution in [-0.2, 0) is 0 Å². The van der Waals surface area contributed by atoms with Crippen molar-refractivity contribution in [2.45, 2.75) is 51.9 Å². The SMILES string of the molecule is Cc1cc(F)ccc1C(=O)CC12CC3CC(CC(C3)C1)C2. The highest BCUT2D eigenvalue weighted by Crippen LogP contribution is 2.61. The molecule has 21 heavy (non-hydrogen) atoms. The van der Waals surface area contributed by atoms with Crippen molar-refractivity contribution >= 4 is 5.78 Å². The van der Waals surface area contributed by atoms with E-state index in [9.17, 15) is 9.18 Å². The third-order valence-electron chi connectivity index (χ3n) is 6.19. The Hall–Kier alpha value is -1.18. The first-order valence-electron chi connectivity index (χ1n) is 8.32. The van der Waals surface area contributed by atoms with Crippen LogP contribution in [0.1, 0.15) is 60.9 Å². The average molecular weight is 286 g/mol. The number of halogens is 1. The van der Waals surface area contributed by atoms with Crippen LogP contribution in [0.5, 0.6) is 0 Å². The molecular formula is C19H23FO. The molecular weight excluding hydrogens is 263 g/mol. The molecule has 112 valence electrons. The molecule has 1 aromatic rings. The molecule has 2 heteroatoms. The van der Waals surface area contributed by atoms with E-state index in [4.69, 9.17) is 0 Å². The van der Waals surface area contributed by atoms with Gasteiger partial charge in [0.2, 0.25) is 0 Å². The van der Waals surface area contributed by atoms with Gasteiger partial charge >= 0.3 is 0 Å². The van der Waals surface area contributed by atoms with Crippen LogP contribution < -0.4 is 0 Å². The van der Waals surface area contributed by atoms with E-state index >= 15 is 0 Å². The van der Waals surface area contributed by atoms with E-state index in [0.717, 1.165) is 28.9 Å². The first-order chi connectivity index (χ1) is 10.0. The van der Waals surface area contributed by atoms with E-state index in [1.54, 1.807) is 6.07 Å². The molecule has 0 aliphatic heterocycles. The Labute approximate surface area is 125 Å². The lowest BCUT2D eigenvalue weighted by atomic mass is 9.48. The van der Waals surface area contributed by atoms with E-state index in [1.165, 1.54) is 50.7 Å². The van der Waals surface area contributed by atoms with Gasteiger partial charge in [-0.3, -0.25) is 4.79 Å². The highest BCUT2D eigenvalue weighted by molar-refractivity contribution is 5.97. The lowest BCUT2D eigenvalue weighted by molar-refractivity contribution is -0.0524. The zero-order valence-electron chi connectivity index (χ0n) is 12.7. The van der Waals surface area contributed by atoms with Gasteiger partial charge in [0, 0.05) is 12.0 Å². The highest BCUT2D eigenvalue weighted by Gasteiger charge is 2.51. The van der Waals surface area contributed by atoms with Crippen LogP contribution in [0, 0.1) is 35.9 Å². The second kappa shape index (κ2) is 4.66. The maximum Gasteiger partial charge on any atom is 0.163 e. The monoisotopic (exact) mass is 286 g/mol. The van der Waals surface area contributed by atoms with Gasteiger partial charge in [0.1, 0.15) is 5.82 Å². The number of Topliss-reactive ketones (excluding diaryl/α,β-unsaturated/α-hetero) is 1. The van der Waals surface area contributed by atoms with Crippen molar-refractivity contribution in [1.29, 1.82) is 0 Å². The number of rotatable bonds is 3. The van der Waals surface area contributed by atoms with Crippen molar-refractivity contribution in [1.82, 2.24) is 0 Å². The standard InChI is InChI=1S/C19H23FO/c1-12-4-16(20)2-3-17(12)18(21)11-19-8-13-5-14(9-19)7-15(6-13)10-19/h2-4,13-15H,5-11H2,1H3. The molecule has 0 amide bonds. The van der Waals surface area contributed by atoms with E-state index in [1.807, 2.05) is 6.92 Å². The first kappa shape index (κ1) is 13.5. The number of carbonyl (C=O) groups is 1. The lowest BCUT2D eigenvalue weighted by Crippen LogP contribution is -2.46. The fraction of sp³-hybridized carbons (Fsp3) is 0.632. The van der Waals surface area contributed by atoms with Crippen LogP contribution in [-0.4, -0.2) is 5.78 Å². The number of ketones is 1. The van der Waals surface area contributed by atoms with Crippen LogP contribution in [0.2, 0.25) is 0 Å². The molecule has 0 N–H and O–H groups in total. The van der Waals surface area contributed by atoms with Gasteiger partial charge in [-0.05, 0) is 92.4 Å². The van der Waals surface area contributed by atoms with E-state index in [2.05, 4.69) is 0 Å². The van der Waals surface area contributed by atoms with E-state index in [0.29, 0.717) is 6.42 Å². The second-order valence-electron chi connectivity index (χ2n) is 7.98. The van der Waals surface area contributed by atoms with Crippen molar-refractivity contribution in [2.24, 2.45) is 23.2 Å². The van der Waals surface area contributed by atoms with Crippen molar-refractivity contribution < 1.29 is 9.18 Å². The van der Waals surface area contributed by atoms with Gasteiger partial charge < -0.3 is 0 Å². The predicted molar refractivity (Wildman–Crippen MR) is 80.7 cm³/mol. The fourth-order valence-corrected chi connectivity index (χ4v) is 5.88. The largest absolute Gasteiger partial charge is 0.294 e. The highest BCUT2D eigenvalue weighted by atomic mass is 19.1. The molecule has 0 spiro atoms. The van der Waals surface area contributed by atoms with E-state index < -0.39 is 0 Å². The minimum atomic E-state index is -0.251. The molecule has 5 rings (SSSR count). The van der Waals surface area contributed by atoms with Gasteiger partial charge in [-0.25, -0.2) is 4.39 Å². The summed E-state index contributed by atoms with van der Waals surface area (Å²) in [4.78, 5) is 12.7. The molecule has 4 saturated carbocycles. The summed E-state index contributed by atoms with van der Waals surface area (Å²) in [5.41, 5.74) is 1.78. The van der Waals surface area contributed by atoms with Gasteiger partial charge in [-0.2, -0.15) is 0 Å². The van der Waals surface area contributed by atoms with Gasteiger partial charge in [0.15, 0.2) is 5.78 Å². The van der Waals surface area contributed by atoms with Crippen molar-refractivity contribution in [2.75, 3.05) is 0 Å². The van der Waals surface area contributed by atoms with Crippen molar-refractivity contribution in [3.05, 3.63) is 35.1 Å². The molecule has 0 aromatic heterocycles. The molecule has 1 aromatic carbocycles. The number of benzene rings is 1. The summed E-state index contributed by atoms with van der Waals surface area (Å²) in [7, 11) is 0. The zero-order valence-corrected chi connectivity index (χ0v) is 12.7. The summed E-state index contributed by atoms with van der Waals surface area (Å²) in [5, 5.41) is 0. The van der Waals surface area contributed by atoms with Gasteiger partial charge in [-0.15, -0.1) is 0 Å². The summed E-state index contributed by atoms with van der Waals surface area (Å²) in [6, 6.07) is 4.57. The van der Waals surface area contributed by atoms with Crippen LogP contribution in [0.25, 0.3) is 0 Å².